The number of amides is 1. The Labute approximate surface area is 124 Å². The Kier molecular flexibility index (Phi) is 3.62. The number of fused-ring (bicyclic) bond motifs is 1. The fourth-order valence-corrected chi connectivity index (χ4v) is 2.63. The second-order valence-corrected chi connectivity index (χ2v) is 5.19. The van der Waals surface area contributed by atoms with Gasteiger partial charge in [-0.3, -0.25) is 9.69 Å². The Hall–Kier alpha value is -2.33. The first-order valence-electron chi connectivity index (χ1n) is 6.93. The lowest BCUT2D eigenvalue weighted by atomic mass is 10.0. The highest BCUT2D eigenvalue weighted by Crippen LogP contribution is 2.36. The van der Waals surface area contributed by atoms with E-state index in [0.29, 0.717) is 0 Å². The van der Waals surface area contributed by atoms with E-state index in [-0.39, 0.29) is 18.7 Å². The first-order valence-corrected chi connectivity index (χ1v) is 6.93. The van der Waals surface area contributed by atoms with Crippen LogP contribution in [0.4, 0.5) is 11.4 Å². The topological polar surface area (TPSA) is 41.6 Å². The molecule has 1 heterocycles. The Balaban J connectivity index is 2.05. The van der Waals surface area contributed by atoms with Crippen molar-refractivity contribution in [1.82, 2.24) is 0 Å². The second kappa shape index (κ2) is 5.58. The number of carbonyl (C=O) groups excluding carboxylic acids is 1. The molecule has 1 amide bonds. The molecule has 0 bridgehead atoms. The van der Waals surface area contributed by atoms with Gasteiger partial charge in [0.2, 0.25) is 0 Å². The third-order valence-corrected chi connectivity index (χ3v) is 3.65. The highest BCUT2D eigenvalue weighted by atomic mass is 16.5. The average molecular weight is 282 g/mol. The summed E-state index contributed by atoms with van der Waals surface area (Å²) in [6, 6.07) is 15.4. The molecule has 0 fully saturated rings. The Morgan fingerprint density at radius 2 is 1.95 bits per heavy atom. The first kappa shape index (κ1) is 13.6. The molecule has 4 nitrogen and oxygen atoms in total. The van der Waals surface area contributed by atoms with Crippen LogP contribution in [0, 0.1) is 6.92 Å². The molecule has 4 heteroatoms. The van der Waals surface area contributed by atoms with Gasteiger partial charge in [0.25, 0.3) is 5.91 Å². The van der Waals surface area contributed by atoms with Gasteiger partial charge in [-0.1, -0.05) is 36.4 Å². The summed E-state index contributed by atoms with van der Waals surface area (Å²) in [5.41, 5.74) is 3.93. The summed E-state index contributed by atoms with van der Waals surface area (Å²) in [5, 5.41) is 3.35. The molecular formula is C17H18N2O2. The lowest BCUT2D eigenvalue weighted by molar-refractivity contribution is -0.120. The zero-order chi connectivity index (χ0) is 14.8. The van der Waals surface area contributed by atoms with Crippen LogP contribution in [-0.4, -0.2) is 19.7 Å². The lowest BCUT2D eigenvalue weighted by Gasteiger charge is -2.35. The van der Waals surface area contributed by atoms with Crippen molar-refractivity contribution in [3.63, 3.8) is 0 Å². The van der Waals surface area contributed by atoms with E-state index >= 15 is 0 Å². The standard InChI is InChI=1S/C17H18N2O2/c1-12-8-9-15-14(10-12)18-16(13-6-4-3-5-7-13)17(20)19(15)11-21-2/h3-10,16,18H,11H2,1-2H3. The highest BCUT2D eigenvalue weighted by molar-refractivity contribution is 6.05. The van der Waals surface area contributed by atoms with Gasteiger partial charge >= 0.3 is 0 Å². The van der Waals surface area contributed by atoms with Crippen LogP contribution < -0.4 is 10.2 Å². The second-order valence-electron chi connectivity index (χ2n) is 5.19. The molecule has 0 saturated carbocycles. The third-order valence-electron chi connectivity index (χ3n) is 3.65. The minimum absolute atomic E-state index is 0.000553. The lowest BCUT2D eigenvalue weighted by Crippen LogP contribution is -2.43. The van der Waals surface area contributed by atoms with Crippen molar-refractivity contribution < 1.29 is 9.53 Å². The SMILES string of the molecule is COCN1C(=O)C(c2ccccc2)Nc2cc(C)ccc21. The van der Waals surface area contributed by atoms with Crippen LogP contribution in [0.5, 0.6) is 0 Å². The Bertz CT molecular complexity index is 655. The average Bonchev–Trinajstić information content (AvgIpc) is 2.51. The predicted molar refractivity (Wildman–Crippen MR) is 83.3 cm³/mol. The van der Waals surface area contributed by atoms with Gasteiger partial charge in [-0.05, 0) is 30.2 Å². The van der Waals surface area contributed by atoms with Crippen LogP contribution in [0.25, 0.3) is 0 Å². The number of carbonyl (C=O) groups is 1. The smallest absolute Gasteiger partial charge is 0.256 e. The quantitative estimate of drug-likeness (QED) is 0.940. The number of nitrogens with one attached hydrogen (secondary N) is 1. The molecule has 1 aliphatic heterocycles. The van der Waals surface area contributed by atoms with Gasteiger partial charge in [-0.25, -0.2) is 0 Å². The molecule has 3 rings (SSSR count). The molecule has 0 saturated heterocycles. The predicted octanol–water partition coefficient (Wildman–Crippen LogP) is 3.10. The van der Waals surface area contributed by atoms with Crippen LogP contribution in [0.2, 0.25) is 0 Å². The number of rotatable bonds is 3. The Morgan fingerprint density at radius 1 is 1.19 bits per heavy atom. The van der Waals surface area contributed by atoms with E-state index in [4.69, 9.17) is 4.74 Å². The van der Waals surface area contributed by atoms with Crippen molar-refractivity contribution in [3.05, 3.63) is 59.7 Å². The summed E-state index contributed by atoms with van der Waals surface area (Å²) < 4.78 is 5.20. The van der Waals surface area contributed by atoms with Gasteiger partial charge in [0, 0.05) is 7.11 Å². The number of hydrogen-bond acceptors (Lipinski definition) is 3. The maximum absolute atomic E-state index is 12.7. The molecule has 1 unspecified atom stereocenters. The summed E-state index contributed by atoms with van der Waals surface area (Å²) in [6.45, 7) is 2.29. The zero-order valence-corrected chi connectivity index (χ0v) is 12.2. The molecule has 2 aromatic carbocycles. The van der Waals surface area contributed by atoms with E-state index in [0.717, 1.165) is 22.5 Å². The number of hydrogen-bond donors (Lipinski definition) is 1. The fourth-order valence-electron chi connectivity index (χ4n) is 2.63. The minimum Gasteiger partial charge on any atom is -0.368 e. The number of ether oxygens (including phenoxy) is 1. The molecule has 1 atom stereocenters. The van der Waals surface area contributed by atoms with Crippen LogP contribution in [-0.2, 0) is 9.53 Å². The fraction of sp³-hybridized carbons (Fsp3) is 0.235. The summed E-state index contributed by atoms with van der Waals surface area (Å²) >= 11 is 0. The van der Waals surface area contributed by atoms with Gasteiger partial charge in [-0.15, -0.1) is 0 Å². The molecule has 1 N–H and O–H groups in total. The maximum Gasteiger partial charge on any atom is 0.256 e. The third kappa shape index (κ3) is 2.50. The van der Waals surface area contributed by atoms with Gasteiger partial charge < -0.3 is 10.1 Å². The number of methoxy groups -OCH3 is 1. The molecule has 0 aliphatic carbocycles. The summed E-state index contributed by atoms with van der Waals surface area (Å²) in [5.74, 6) is -0.000553. The summed E-state index contributed by atoms with van der Waals surface area (Å²) in [4.78, 5) is 14.4. The van der Waals surface area contributed by atoms with E-state index in [1.165, 1.54) is 0 Å². The number of nitrogens with zero attached hydrogens (tertiary/aromatic N) is 1. The monoisotopic (exact) mass is 282 g/mol. The van der Waals surface area contributed by atoms with E-state index in [2.05, 4.69) is 11.4 Å². The number of aryl methyl sites for hydroxylation is 1. The molecule has 2 aromatic rings. The molecule has 1 aliphatic rings. The van der Waals surface area contributed by atoms with E-state index in [1.54, 1.807) is 12.0 Å². The highest BCUT2D eigenvalue weighted by Gasteiger charge is 2.33. The maximum atomic E-state index is 12.7. The molecule has 108 valence electrons. The van der Waals surface area contributed by atoms with Crippen molar-refractivity contribution in [3.8, 4) is 0 Å². The molecule has 0 radical (unpaired) electrons. The number of anilines is 2. The van der Waals surface area contributed by atoms with Gasteiger partial charge in [0.05, 0.1) is 11.4 Å². The normalized spacial score (nSPS) is 17.3. The summed E-state index contributed by atoms with van der Waals surface area (Å²) in [6.07, 6.45) is 0. The van der Waals surface area contributed by atoms with Gasteiger partial charge in [0.1, 0.15) is 12.8 Å². The van der Waals surface area contributed by atoms with Crippen LogP contribution >= 0.6 is 0 Å². The van der Waals surface area contributed by atoms with Crippen LogP contribution in [0.15, 0.2) is 48.5 Å². The van der Waals surface area contributed by atoms with E-state index < -0.39 is 0 Å². The molecule has 21 heavy (non-hydrogen) atoms. The Morgan fingerprint density at radius 3 is 2.67 bits per heavy atom. The minimum atomic E-state index is -0.379. The summed E-state index contributed by atoms with van der Waals surface area (Å²) in [7, 11) is 1.60. The molecule has 0 aromatic heterocycles. The van der Waals surface area contributed by atoms with Crippen molar-refractivity contribution in [2.75, 3.05) is 24.1 Å². The largest absolute Gasteiger partial charge is 0.368 e. The van der Waals surface area contributed by atoms with E-state index in [9.17, 15) is 4.79 Å². The van der Waals surface area contributed by atoms with Crippen molar-refractivity contribution in [2.45, 2.75) is 13.0 Å². The molecule has 0 spiro atoms. The van der Waals surface area contributed by atoms with Crippen molar-refractivity contribution in [2.24, 2.45) is 0 Å². The van der Waals surface area contributed by atoms with Crippen LogP contribution in [0.1, 0.15) is 17.2 Å². The van der Waals surface area contributed by atoms with Gasteiger partial charge in [0.15, 0.2) is 0 Å². The van der Waals surface area contributed by atoms with Gasteiger partial charge in [-0.2, -0.15) is 0 Å². The zero-order valence-electron chi connectivity index (χ0n) is 12.2. The van der Waals surface area contributed by atoms with E-state index in [1.807, 2.05) is 49.4 Å². The first-order chi connectivity index (χ1) is 10.2. The number of benzene rings is 2. The molecular weight excluding hydrogens is 264 g/mol. The van der Waals surface area contributed by atoms with Crippen molar-refractivity contribution >= 4 is 17.3 Å². The van der Waals surface area contributed by atoms with Crippen molar-refractivity contribution in [1.29, 1.82) is 0 Å². The van der Waals surface area contributed by atoms with Crippen LogP contribution in [0.3, 0.4) is 0 Å².